The molecule has 1 aromatic rings. The first-order chi connectivity index (χ1) is 9.67. The number of nitrogens with zero attached hydrogens (tertiary/aromatic N) is 3. The van der Waals surface area contributed by atoms with Gasteiger partial charge in [0.2, 0.25) is 0 Å². The van der Waals surface area contributed by atoms with Crippen molar-refractivity contribution in [3.63, 3.8) is 0 Å². The molecule has 20 heavy (non-hydrogen) atoms. The van der Waals surface area contributed by atoms with E-state index in [0.29, 0.717) is 12.0 Å². The first-order valence-corrected chi connectivity index (χ1v) is 8.07. The second kappa shape index (κ2) is 5.58. The summed E-state index contributed by atoms with van der Waals surface area (Å²) in [6, 6.07) is 2.71. The van der Waals surface area contributed by atoms with E-state index >= 15 is 0 Å². The molecule has 110 valence electrons. The highest BCUT2D eigenvalue weighted by molar-refractivity contribution is 5.51. The predicted molar refractivity (Wildman–Crippen MR) is 83.4 cm³/mol. The van der Waals surface area contributed by atoms with Gasteiger partial charge >= 0.3 is 0 Å². The largest absolute Gasteiger partial charge is 0.370 e. The Morgan fingerprint density at radius 1 is 1.25 bits per heavy atom. The standard InChI is InChI=1S/C16H26N4/c1-4-17-14-10-15(19-16(18-14)13-5-6-13)20-8-7-11(2)9-12(20)3/h10-13H,4-9H2,1-3H3,(H,17,18,19). The molecule has 1 N–H and O–H groups in total. The van der Waals surface area contributed by atoms with Gasteiger partial charge in [0.25, 0.3) is 0 Å². The molecule has 4 nitrogen and oxygen atoms in total. The number of rotatable bonds is 4. The van der Waals surface area contributed by atoms with E-state index in [0.717, 1.165) is 36.5 Å². The van der Waals surface area contributed by atoms with Crippen molar-refractivity contribution < 1.29 is 0 Å². The van der Waals surface area contributed by atoms with Gasteiger partial charge in [-0.1, -0.05) is 6.92 Å². The van der Waals surface area contributed by atoms with E-state index in [2.05, 4.69) is 42.0 Å². The number of anilines is 2. The molecule has 1 aliphatic carbocycles. The summed E-state index contributed by atoms with van der Waals surface area (Å²) in [6.45, 7) is 8.82. The maximum Gasteiger partial charge on any atom is 0.136 e. The van der Waals surface area contributed by atoms with Gasteiger partial charge in [-0.15, -0.1) is 0 Å². The molecule has 2 fully saturated rings. The molecular formula is C16H26N4. The summed E-state index contributed by atoms with van der Waals surface area (Å²) in [5, 5.41) is 3.36. The van der Waals surface area contributed by atoms with Gasteiger partial charge in [-0.2, -0.15) is 0 Å². The van der Waals surface area contributed by atoms with Crippen LogP contribution in [0, 0.1) is 5.92 Å². The van der Waals surface area contributed by atoms with Gasteiger partial charge in [0.1, 0.15) is 17.5 Å². The van der Waals surface area contributed by atoms with Crippen LogP contribution in [0.3, 0.4) is 0 Å². The first-order valence-electron chi connectivity index (χ1n) is 8.07. The lowest BCUT2D eigenvalue weighted by molar-refractivity contribution is 0.375. The summed E-state index contributed by atoms with van der Waals surface area (Å²) < 4.78 is 0. The minimum atomic E-state index is 0.579. The Hall–Kier alpha value is -1.32. The first kappa shape index (κ1) is 13.7. The zero-order valence-corrected chi connectivity index (χ0v) is 12.9. The van der Waals surface area contributed by atoms with Crippen LogP contribution in [0.5, 0.6) is 0 Å². The van der Waals surface area contributed by atoms with E-state index in [9.17, 15) is 0 Å². The van der Waals surface area contributed by atoms with Crippen molar-refractivity contribution in [2.75, 3.05) is 23.3 Å². The Kier molecular flexibility index (Phi) is 3.81. The van der Waals surface area contributed by atoms with E-state index in [4.69, 9.17) is 4.98 Å². The van der Waals surface area contributed by atoms with E-state index in [1.165, 1.54) is 25.7 Å². The zero-order valence-electron chi connectivity index (χ0n) is 12.9. The van der Waals surface area contributed by atoms with E-state index in [1.807, 2.05) is 0 Å². The molecule has 0 spiro atoms. The topological polar surface area (TPSA) is 41.0 Å². The van der Waals surface area contributed by atoms with Crippen LogP contribution in [0.2, 0.25) is 0 Å². The molecule has 0 bridgehead atoms. The third kappa shape index (κ3) is 2.89. The summed E-state index contributed by atoms with van der Waals surface area (Å²) in [7, 11) is 0. The highest BCUT2D eigenvalue weighted by Gasteiger charge is 2.29. The van der Waals surface area contributed by atoms with Gasteiger partial charge in [0, 0.05) is 31.1 Å². The van der Waals surface area contributed by atoms with Crippen molar-refractivity contribution >= 4 is 11.6 Å². The molecule has 1 aliphatic heterocycles. The van der Waals surface area contributed by atoms with Crippen LogP contribution in [-0.4, -0.2) is 29.1 Å². The Morgan fingerprint density at radius 3 is 2.70 bits per heavy atom. The molecule has 3 rings (SSSR count). The molecular weight excluding hydrogens is 248 g/mol. The molecule has 2 aliphatic rings. The molecule has 2 unspecified atom stereocenters. The number of aromatic nitrogens is 2. The fraction of sp³-hybridized carbons (Fsp3) is 0.750. The van der Waals surface area contributed by atoms with Crippen molar-refractivity contribution in [3.05, 3.63) is 11.9 Å². The number of piperidine rings is 1. The number of hydrogen-bond donors (Lipinski definition) is 1. The van der Waals surface area contributed by atoms with Crippen molar-refractivity contribution in [1.29, 1.82) is 0 Å². The fourth-order valence-corrected chi connectivity index (χ4v) is 3.14. The highest BCUT2D eigenvalue weighted by Crippen LogP contribution is 2.39. The smallest absolute Gasteiger partial charge is 0.136 e. The van der Waals surface area contributed by atoms with Crippen molar-refractivity contribution in [3.8, 4) is 0 Å². The lowest BCUT2D eigenvalue weighted by atomic mass is 9.93. The van der Waals surface area contributed by atoms with Gasteiger partial charge in [0.15, 0.2) is 0 Å². The minimum absolute atomic E-state index is 0.579. The van der Waals surface area contributed by atoms with Crippen molar-refractivity contribution in [2.24, 2.45) is 5.92 Å². The summed E-state index contributed by atoms with van der Waals surface area (Å²) in [6.07, 6.45) is 5.03. The molecule has 0 amide bonds. The lowest BCUT2D eigenvalue weighted by Crippen LogP contribution is -2.40. The summed E-state index contributed by atoms with van der Waals surface area (Å²) in [5.41, 5.74) is 0. The molecule has 4 heteroatoms. The van der Waals surface area contributed by atoms with Crippen molar-refractivity contribution in [1.82, 2.24) is 9.97 Å². The normalized spacial score (nSPS) is 26.6. The molecule has 1 saturated heterocycles. The van der Waals surface area contributed by atoms with Crippen LogP contribution in [0.4, 0.5) is 11.6 Å². The third-order valence-corrected chi connectivity index (χ3v) is 4.46. The monoisotopic (exact) mass is 274 g/mol. The minimum Gasteiger partial charge on any atom is -0.370 e. The van der Waals surface area contributed by atoms with E-state index in [-0.39, 0.29) is 0 Å². The van der Waals surface area contributed by atoms with Gasteiger partial charge in [-0.3, -0.25) is 0 Å². The van der Waals surface area contributed by atoms with E-state index in [1.54, 1.807) is 0 Å². The second-order valence-electron chi connectivity index (χ2n) is 6.45. The van der Waals surface area contributed by atoms with Crippen LogP contribution >= 0.6 is 0 Å². The molecule has 0 aromatic carbocycles. The Labute approximate surface area is 122 Å². The quantitative estimate of drug-likeness (QED) is 0.913. The molecule has 2 heterocycles. The summed E-state index contributed by atoms with van der Waals surface area (Å²) >= 11 is 0. The van der Waals surface area contributed by atoms with Crippen LogP contribution in [0.15, 0.2) is 6.07 Å². The highest BCUT2D eigenvalue weighted by atomic mass is 15.2. The van der Waals surface area contributed by atoms with Crippen LogP contribution in [0.1, 0.15) is 58.2 Å². The van der Waals surface area contributed by atoms with Crippen molar-refractivity contribution in [2.45, 2.75) is 58.4 Å². The van der Waals surface area contributed by atoms with Crippen LogP contribution in [0.25, 0.3) is 0 Å². The number of nitrogens with one attached hydrogen (secondary N) is 1. The Bertz CT molecular complexity index is 470. The SMILES string of the molecule is CCNc1cc(N2CCC(C)CC2C)nc(C2CC2)n1. The summed E-state index contributed by atoms with van der Waals surface area (Å²) in [4.78, 5) is 12.0. The second-order valence-corrected chi connectivity index (χ2v) is 6.45. The molecule has 0 radical (unpaired) electrons. The lowest BCUT2D eigenvalue weighted by Gasteiger charge is -2.37. The van der Waals surface area contributed by atoms with Crippen LogP contribution in [-0.2, 0) is 0 Å². The maximum atomic E-state index is 4.85. The van der Waals surface area contributed by atoms with Gasteiger partial charge < -0.3 is 10.2 Å². The van der Waals surface area contributed by atoms with Gasteiger partial charge in [0.05, 0.1) is 0 Å². The molecule has 1 saturated carbocycles. The van der Waals surface area contributed by atoms with Crippen LogP contribution < -0.4 is 10.2 Å². The number of hydrogen-bond acceptors (Lipinski definition) is 4. The van der Waals surface area contributed by atoms with Gasteiger partial charge in [-0.05, 0) is 45.4 Å². The summed E-state index contributed by atoms with van der Waals surface area (Å²) in [5.74, 6) is 4.59. The maximum absolute atomic E-state index is 4.85. The van der Waals surface area contributed by atoms with Gasteiger partial charge in [-0.25, -0.2) is 9.97 Å². The molecule has 1 aromatic heterocycles. The average molecular weight is 274 g/mol. The zero-order chi connectivity index (χ0) is 14.1. The predicted octanol–water partition coefficient (Wildman–Crippen LogP) is 3.41. The Morgan fingerprint density at radius 2 is 2.05 bits per heavy atom. The fourth-order valence-electron chi connectivity index (χ4n) is 3.14. The Balaban J connectivity index is 1.87. The third-order valence-electron chi connectivity index (χ3n) is 4.46. The molecule has 2 atom stereocenters. The van der Waals surface area contributed by atoms with E-state index < -0.39 is 0 Å². The average Bonchev–Trinajstić information content (AvgIpc) is 3.23.